The van der Waals surface area contributed by atoms with Crippen LogP contribution in [-0.2, 0) is 10.0 Å². The predicted octanol–water partition coefficient (Wildman–Crippen LogP) is 1.54. The fourth-order valence-corrected chi connectivity index (χ4v) is 3.90. The molecule has 0 heterocycles. The summed E-state index contributed by atoms with van der Waals surface area (Å²) in [6, 6.07) is 12.6. The number of nitrogens with one attached hydrogen (secondary N) is 3. The number of sulfonamides is 1. The van der Waals surface area contributed by atoms with E-state index < -0.39 is 10.0 Å². The lowest BCUT2D eigenvalue weighted by Crippen LogP contribution is -3.12. The van der Waals surface area contributed by atoms with Gasteiger partial charge in [0.05, 0.1) is 37.7 Å². The molecule has 0 fully saturated rings. The van der Waals surface area contributed by atoms with E-state index in [0.29, 0.717) is 30.2 Å². The molecule has 0 aromatic heterocycles. The van der Waals surface area contributed by atoms with Gasteiger partial charge in [0.25, 0.3) is 15.9 Å². The minimum Gasteiger partial charge on any atom is -0.494 e. The number of ether oxygens (including phenoxy) is 1. The lowest BCUT2D eigenvalue weighted by Gasteiger charge is -2.15. The van der Waals surface area contributed by atoms with E-state index in [0.717, 1.165) is 19.6 Å². The molecule has 0 bridgehead atoms. The maximum Gasteiger partial charge on any atom is 0.261 e. The molecule has 8 heteroatoms. The van der Waals surface area contributed by atoms with Crippen LogP contribution in [0.25, 0.3) is 0 Å². The standard InChI is InChI=1S/C21H29N3O4S/c1-4-24(5-2)16-15-22-21(25)17-7-9-18(10-8-17)23-29(26,27)20-13-11-19(12-14-20)28-6-3/h7-14,23H,4-6,15-16H2,1-3H3,(H,22,25)/p+1. The molecule has 0 unspecified atom stereocenters. The molecule has 29 heavy (non-hydrogen) atoms. The summed E-state index contributed by atoms with van der Waals surface area (Å²) in [5, 5.41) is 2.90. The van der Waals surface area contributed by atoms with Gasteiger partial charge in [-0.3, -0.25) is 9.52 Å². The van der Waals surface area contributed by atoms with Gasteiger partial charge in [0.15, 0.2) is 0 Å². The van der Waals surface area contributed by atoms with Crippen molar-refractivity contribution < 1.29 is 22.8 Å². The second-order valence-electron chi connectivity index (χ2n) is 6.55. The average molecular weight is 421 g/mol. The van der Waals surface area contributed by atoms with Gasteiger partial charge in [-0.2, -0.15) is 0 Å². The molecule has 0 saturated carbocycles. The number of anilines is 1. The van der Waals surface area contributed by atoms with Crippen LogP contribution in [0.3, 0.4) is 0 Å². The van der Waals surface area contributed by atoms with Gasteiger partial charge in [-0.1, -0.05) is 0 Å². The topological polar surface area (TPSA) is 88.9 Å². The van der Waals surface area contributed by atoms with Gasteiger partial charge in [-0.15, -0.1) is 0 Å². The van der Waals surface area contributed by atoms with Crippen molar-refractivity contribution in [3.05, 3.63) is 54.1 Å². The zero-order valence-corrected chi connectivity index (χ0v) is 18.0. The number of carbonyl (C=O) groups is 1. The van der Waals surface area contributed by atoms with Crippen molar-refractivity contribution in [3.8, 4) is 5.75 Å². The Labute approximate surface area is 173 Å². The third-order valence-corrected chi connectivity index (χ3v) is 6.01. The Kier molecular flexibility index (Phi) is 8.48. The van der Waals surface area contributed by atoms with E-state index >= 15 is 0 Å². The van der Waals surface area contributed by atoms with Crippen LogP contribution in [0.15, 0.2) is 53.4 Å². The molecule has 0 radical (unpaired) electrons. The highest BCUT2D eigenvalue weighted by Gasteiger charge is 2.15. The first-order chi connectivity index (χ1) is 13.9. The number of rotatable bonds is 11. The quantitative estimate of drug-likeness (QED) is 0.515. The van der Waals surface area contributed by atoms with Crippen molar-refractivity contribution in [3.63, 3.8) is 0 Å². The maximum absolute atomic E-state index is 12.5. The van der Waals surface area contributed by atoms with E-state index in [9.17, 15) is 13.2 Å². The molecule has 2 rings (SSSR count). The second-order valence-corrected chi connectivity index (χ2v) is 8.23. The van der Waals surface area contributed by atoms with Crippen LogP contribution in [0, 0.1) is 0 Å². The van der Waals surface area contributed by atoms with Crippen LogP contribution in [-0.4, -0.2) is 47.1 Å². The molecule has 7 nitrogen and oxygen atoms in total. The fourth-order valence-electron chi connectivity index (χ4n) is 2.84. The van der Waals surface area contributed by atoms with E-state index in [2.05, 4.69) is 23.9 Å². The third-order valence-electron chi connectivity index (χ3n) is 4.61. The number of hydrogen-bond donors (Lipinski definition) is 3. The molecular formula is C21H30N3O4S+. The molecule has 1 amide bonds. The molecule has 2 aromatic carbocycles. The minimum atomic E-state index is -3.72. The summed E-state index contributed by atoms with van der Waals surface area (Å²) >= 11 is 0. The lowest BCUT2D eigenvalue weighted by molar-refractivity contribution is -0.895. The number of hydrogen-bond acceptors (Lipinski definition) is 4. The van der Waals surface area contributed by atoms with Crippen molar-refractivity contribution >= 4 is 21.6 Å². The molecule has 0 saturated heterocycles. The fraction of sp³-hybridized carbons (Fsp3) is 0.381. The Balaban J connectivity index is 1.96. The van der Waals surface area contributed by atoms with E-state index in [1.807, 2.05) is 6.92 Å². The van der Waals surface area contributed by atoms with Crippen LogP contribution in [0.5, 0.6) is 5.75 Å². The van der Waals surface area contributed by atoms with Gasteiger partial charge in [-0.05, 0) is 69.3 Å². The molecule has 0 spiro atoms. The van der Waals surface area contributed by atoms with E-state index in [1.165, 1.54) is 17.0 Å². The number of quaternary nitrogens is 1. The molecule has 0 atom stereocenters. The highest BCUT2D eigenvalue weighted by Crippen LogP contribution is 2.19. The maximum atomic E-state index is 12.5. The van der Waals surface area contributed by atoms with E-state index in [1.54, 1.807) is 36.4 Å². The van der Waals surface area contributed by atoms with Gasteiger partial charge in [0.2, 0.25) is 0 Å². The van der Waals surface area contributed by atoms with Crippen LogP contribution < -0.4 is 19.7 Å². The molecule has 0 aliphatic rings. The minimum absolute atomic E-state index is 0.140. The molecular weight excluding hydrogens is 390 g/mol. The first-order valence-electron chi connectivity index (χ1n) is 9.87. The Morgan fingerprint density at radius 1 is 0.966 bits per heavy atom. The van der Waals surface area contributed by atoms with Gasteiger partial charge in [0.1, 0.15) is 5.75 Å². The summed E-state index contributed by atoms with van der Waals surface area (Å²) in [5.41, 5.74) is 0.881. The van der Waals surface area contributed by atoms with Crippen molar-refractivity contribution in [2.75, 3.05) is 37.5 Å². The average Bonchev–Trinajstić information content (AvgIpc) is 2.72. The second kappa shape index (κ2) is 10.8. The molecule has 158 valence electrons. The first kappa shape index (κ1) is 22.7. The van der Waals surface area contributed by atoms with E-state index in [4.69, 9.17) is 4.74 Å². The molecule has 2 aromatic rings. The molecule has 0 aliphatic heterocycles. The Bertz CT molecular complexity index is 877. The SMILES string of the molecule is CCOc1ccc(S(=O)(=O)Nc2ccc(C(=O)NCC[NH+](CC)CC)cc2)cc1. The van der Waals surface area contributed by atoms with Crippen molar-refractivity contribution in [1.82, 2.24) is 5.32 Å². The van der Waals surface area contributed by atoms with Gasteiger partial charge in [-0.25, -0.2) is 8.42 Å². The lowest BCUT2D eigenvalue weighted by atomic mass is 10.2. The van der Waals surface area contributed by atoms with Crippen LogP contribution in [0.2, 0.25) is 0 Å². The Morgan fingerprint density at radius 3 is 2.14 bits per heavy atom. The molecule has 0 aliphatic carbocycles. The van der Waals surface area contributed by atoms with Crippen LogP contribution in [0.1, 0.15) is 31.1 Å². The monoisotopic (exact) mass is 420 g/mol. The molecule has 3 N–H and O–H groups in total. The predicted molar refractivity (Wildman–Crippen MR) is 114 cm³/mol. The smallest absolute Gasteiger partial charge is 0.261 e. The normalized spacial score (nSPS) is 11.3. The zero-order chi connectivity index (χ0) is 21.3. The van der Waals surface area contributed by atoms with Crippen molar-refractivity contribution in [2.24, 2.45) is 0 Å². The van der Waals surface area contributed by atoms with Gasteiger partial charge in [0, 0.05) is 11.3 Å². The van der Waals surface area contributed by atoms with E-state index in [-0.39, 0.29) is 10.8 Å². The first-order valence-corrected chi connectivity index (χ1v) is 11.3. The van der Waals surface area contributed by atoms with Crippen molar-refractivity contribution in [1.29, 1.82) is 0 Å². The zero-order valence-electron chi connectivity index (χ0n) is 17.2. The highest BCUT2D eigenvalue weighted by molar-refractivity contribution is 7.92. The number of carbonyl (C=O) groups excluding carboxylic acids is 1. The number of likely N-dealkylation sites (N-methyl/N-ethyl adjacent to an activating group) is 1. The van der Waals surface area contributed by atoms with Crippen LogP contribution in [0.4, 0.5) is 5.69 Å². The van der Waals surface area contributed by atoms with Gasteiger partial charge >= 0.3 is 0 Å². The number of benzene rings is 2. The highest BCUT2D eigenvalue weighted by atomic mass is 32.2. The Morgan fingerprint density at radius 2 is 1.59 bits per heavy atom. The summed E-state index contributed by atoms with van der Waals surface area (Å²) in [6.45, 7) is 10.1. The summed E-state index contributed by atoms with van der Waals surface area (Å²) in [4.78, 5) is 13.8. The summed E-state index contributed by atoms with van der Waals surface area (Å²) in [5.74, 6) is 0.446. The number of amides is 1. The summed E-state index contributed by atoms with van der Waals surface area (Å²) in [6.07, 6.45) is 0. The largest absolute Gasteiger partial charge is 0.494 e. The Hall–Kier alpha value is -2.58. The summed E-state index contributed by atoms with van der Waals surface area (Å²) in [7, 11) is -3.72. The summed E-state index contributed by atoms with van der Waals surface area (Å²) < 4.78 is 32.9. The van der Waals surface area contributed by atoms with Gasteiger partial charge < -0.3 is 15.0 Å². The van der Waals surface area contributed by atoms with Crippen molar-refractivity contribution in [2.45, 2.75) is 25.7 Å². The third kappa shape index (κ3) is 6.76. The van der Waals surface area contributed by atoms with Crippen LogP contribution >= 0.6 is 0 Å².